The minimum Gasteiger partial charge on any atom is -0.394 e. The Morgan fingerprint density at radius 2 is 2.00 bits per heavy atom. The van der Waals surface area contributed by atoms with Gasteiger partial charge < -0.3 is 9.67 Å². The highest BCUT2D eigenvalue weighted by Gasteiger charge is 2.13. The predicted octanol–water partition coefficient (Wildman–Crippen LogP) is 3.86. The highest BCUT2D eigenvalue weighted by Crippen LogP contribution is 2.19. The average Bonchev–Trinajstić information content (AvgIpc) is 2.91. The molecule has 2 rings (SSSR count). The molecule has 0 aliphatic heterocycles. The molecule has 4 heteroatoms. The molecule has 1 atom stereocenters. The van der Waals surface area contributed by atoms with E-state index in [0.29, 0.717) is 5.92 Å². The van der Waals surface area contributed by atoms with Crippen molar-refractivity contribution >= 4 is 28.7 Å². The van der Waals surface area contributed by atoms with Gasteiger partial charge in [0, 0.05) is 21.9 Å². The minimum atomic E-state index is -0.0748. The van der Waals surface area contributed by atoms with Crippen molar-refractivity contribution in [2.75, 3.05) is 6.61 Å². The molecule has 0 aliphatic rings. The van der Waals surface area contributed by atoms with Gasteiger partial charge in [-0.05, 0) is 40.3 Å². The Labute approximate surface area is 133 Å². The first-order chi connectivity index (χ1) is 9.61. The lowest BCUT2D eigenvalue weighted by Gasteiger charge is -2.16. The third kappa shape index (κ3) is 3.70. The maximum Gasteiger partial charge on any atom is 0.111 e. The Morgan fingerprint density at radius 1 is 1.30 bits per heavy atom. The van der Waals surface area contributed by atoms with Crippen molar-refractivity contribution in [3.05, 3.63) is 57.7 Å². The Hall–Kier alpha value is -1.14. The molecule has 1 N–H and O–H groups in total. The number of aliphatic hydroxyl groups excluding tert-OH is 1. The van der Waals surface area contributed by atoms with Gasteiger partial charge in [0.15, 0.2) is 0 Å². The second-order valence-corrected chi connectivity index (χ2v) is 6.25. The monoisotopic (exact) mass is 382 g/mol. The number of hydrogen-bond acceptors (Lipinski definition) is 2. The van der Waals surface area contributed by atoms with Crippen molar-refractivity contribution in [1.82, 2.24) is 9.55 Å². The topological polar surface area (TPSA) is 38.0 Å². The van der Waals surface area contributed by atoms with Crippen LogP contribution in [0.5, 0.6) is 0 Å². The van der Waals surface area contributed by atoms with Gasteiger partial charge in [-0.1, -0.05) is 38.1 Å². The van der Waals surface area contributed by atoms with Crippen LogP contribution in [0.2, 0.25) is 0 Å². The first-order valence-corrected chi connectivity index (χ1v) is 7.77. The Balaban J connectivity index is 2.20. The van der Waals surface area contributed by atoms with Crippen molar-refractivity contribution < 1.29 is 5.11 Å². The summed E-state index contributed by atoms with van der Waals surface area (Å²) in [5.74, 6) is 1.34. The van der Waals surface area contributed by atoms with E-state index in [1.165, 1.54) is 3.57 Å². The van der Waals surface area contributed by atoms with Crippen molar-refractivity contribution in [2.45, 2.75) is 25.8 Å². The van der Waals surface area contributed by atoms with E-state index in [2.05, 4.69) is 65.7 Å². The van der Waals surface area contributed by atoms with E-state index in [1.54, 1.807) is 6.20 Å². The molecule has 3 nitrogen and oxygen atoms in total. The lowest BCUT2D eigenvalue weighted by molar-refractivity contribution is 0.250. The van der Waals surface area contributed by atoms with Gasteiger partial charge in [-0.3, -0.25) is 0 Å². The molecular weight excluding hydrogens is 363 g/mol. The third-order valence-corrected chi connectivity index (χ3v) is 3.86. The molecule has 2 aromatic rings. The maximum atomic E-state index is 9.63. The molecule has 1 heterocycles. The second-order valence-electron chi connectivity index (χ2n) is 5.01. The number of halogens is 1. The molecule has 1 aromatic carbocycles. The van der Waals surface area contributed by atoms with Crippen LogP contribution in [0.3, 0.4) is 0 Å². The molecule has 0 aliphatic carbocycles. The van der Waals surface area contributed by atoms with E-state index in [1.807, 2.05) is 22.9 Å². The number of hydrogen-bond donors (Lipinski definition) is 1. The van der Waals surface area contributed by atoms with Crippen LogP contribution in [0.4, 0.5) is 0 Å². The second kappa shape index (κ2) is 7.04. The molecule has 0 fully saturated rings. The number of benzene rings is 1. The van der Waals surface area contributed by atoms with Gasteiger partial charge in [0.05, 0.1) is 12.6 Å². The number of aromatic nitrogens is 2. The molecule has 106 valence electrons. The van der Waals surface area contributed by atoms with Crippen LogP contribution in [0.15, 0.2) is 42.7 Å². The van der Waals surface area contributed by atoms with Gasteiger partial charge in [0.25, 0.3) is 0 Å². The number of imidazole rings is 1. The zero-order valence-corrected chi connectivity index (χ0v) is 13.9. The van der Waals surface area contributed by atoms with E-state index < -0.39 is 0 Å². The first kappa shape index (κ1) is 15.3. The first-order valence-electron chi connectivity index (χ1n) is 6.69. The van der Waals surface area contributed by atoms with Crippen LogP contribution in [0.25, 0.3) is 6.08 Å². The highest BCUT2D eigenvalue weighted by molar-refractivity contribution is 14.1. The van der Waals surface area contributed by atoms with E-state index in [-0.39, 0.29) is 12.6 Å². The van der Waals surface area contributed by atoms with Crippen molar-refractivity contribution in [2.24, 2.45) is 0 Å². The number of aliphatic hydroxyl groups is 1. The summed E-state index contributed by atoms with van der Waals surface area (Å²) >= 11 is 2.29. The summed E-state index contributed by atoms with van der Waals surface area (Å²) in [6.45, 7) is 4.28. The van der Waals surface area contributed by atoms with Gasteiger partial charge in [-0.25, -0.2) is 4.98 Å². The van der Waals surface area contributed by atoms with Crippen LogP contribution in [-0.4, -0.2) is 21.3 Å². The average molecular weight is 382 g/mol. The number of rotatable bonds is 5. The highest BCUT2D eigenvalue weighted by atomic mass is 127. The fraction of sp³-hybridized carbons (Fsp3) is 0.312. The van der Waals surface area contributed by atoms with Gasteiger partial charge >= 0.3 is 0 Å². The molecule has 0 bridgehead atoms. The van der Waals surface area contributed by atoms with Crippen LogP contribution in [0.1, 0.15) is 37.2 Å². The lowest BCUT2D eigenvalue weighted by atomic mass is 10.1. The quantitative estimate of drug-likeness (QED) is 0.798. The molecule has 0 saturated heterocycles. The van der Waals surface area contributed by atoms with Crippen molar-refractivity contribution in [1.29, 1.82) is 0 Å². The van der Waals surface area contributed by atoms with Crippen LogP contribution in [-0.2, 0) is 0 Å². The van der Waals surface area contributed by atoms with Crippen LogP contribution in [0, 0.1) is 3.57 Å². The van der Waals surface area contributed by atoms with E-state index >= 15 is 0 Å². The zero-order chi connectivity index (χ0) is 14.5. The SMILES string of the molecule is CC(C)c1nccn1[C@@H](/C=C/c1ccc(I)cc1)CO. The van der Waals surface area contributed by atoms with E-state index in [9.17, 15) is 5.11 Å². The standard InChI is InChI=1S/C16H19IN2O/c1-12(2)16-18-9-10-19(16)15(11-20)8-5-13-3-6-14(17)7-4-13/h3-10,12,15,20H,11H2,1-2H3/b8-5+/t15-/m0/s1. The van der Waals surface area contributed by atoms with Gasteiger partial charge in [-0.15, -0.1) is 0 Å². The fourth-order valence-corrected chi connectivity index (χ4v) is 2.45. The maximum absolute atomic E-state index is 9.63. The zero-order valence-electron chi connectivity index (χ0n) is 11.7. The number of nitrogens with zero attached hydrogens (tertiary/aromatic N) is 2. The smallest absolute Gasteiger partial charge is 0.111 e. The molecule has 0 spiro atoms. The molecule has 0 amide bonds. The summed E-state index contributed by atoms with van der Waals surface area (Å²) in [6.07, 6.45) is 7.78. The van der Waals surface area contributed by atoms with Crippen molar-refractivity contribution in [3.63, 3.8) is 0 Å². The fourth-order valence-electron chi connectivity index (χ4n) is 2.09. The summed E-state index contributed by atoms with van der Waals surface area (Å²) in [5, 5.41) is 9.63. The largest absolute Gasteiger partial charge is 0.394 e. The van der Waals surface area contributed by atoms with Gasteiger partial charge in [0.1, 0.15) is 5.82 Å². The molecular formula is C16H19IN2O. The summed E-state index contributed by atoms with van der Waals surface area (Å²) in [5.41, 5.74) is 1.13. The summed E-state index contributed by atoms with van der Waals surface area (Å²) < 4.78 is 3.25. The Bertz CT molecular complexity index is 572. The predicted molar refractivity (Wildman–Crippen MR) is 90.6 cm³/mol. The minimum absolute atomic E-state index is 0.0664. The van der Waals surface area contributed by atoms with Crippen molar-refractivity contribution in [3.8, 4) is 0 Å². The Morgan fingerprint density at radius 3 is 2.60 bits per heavy atom. The van der Waals surface area contributed by atoms with Crippen LogP contribution < -0.4 is 0 Å². The molecule has 20 heavy (non-hydrogen) atoms. The van der Waals surface area contributed by atoms with Gasteiger partial charge in [0.2, 0.25) is 0 Å². The Kier molecular flexibility index (Phi) is 5.37. The molecule has 0 radical (unpaired) electrons. The van der Waals surface area contributed by atoms with E-state index in [0.717, 1.165) is 11.4 Å². The van der Waals surface area contributed by atoms with Gasteiger partial charge in [-0.2, -0.15) is 0 Å². The lowest BCUT2D eigenvalue weighted by Crippen LogP contribution is -2.14. The molecule has 0 unspecified atom stereocenters. The van der Waals surface area contributed by atoms with Crippen LogP contribution >= 0.6 is 22.6 Å². The third-order valence-electron chi connectivity index (χ3n) is 3.14. The normalized spacial score (nSPS) is 13.2. The summed E-state index contributed by atoms with van der Waals surface area (Å²) in [7, 11) is 0. The molecule has 0 saturated carbocycles. The summed E-state index contributed by atoms with van der Waals surface area (Å²) in [6, 6.07) is 8.22. The summed E-state index contributed by atoms with van der Waals surface area (Å²) in [4.78, 5) is 4.37. The van der Waals surface area contributed by atoms with E-state index in [4.69, 9.17) is 0 Å². The molecule has 1 aromatic heterocycles.